The lowest BCUT2D eigenvalue weighted by molar-refractivity contribution is 0.112. The summed E-state index contributed by atoms with van der Waals surface area (Å²) in [7, 11) is 1.56. The van der Waals surface area contributed by atoms with Crippen molar-refractivity contribution in [1.82, 2.24) is 0 Å². The van der Waals surface area contributed by atoms with Gasteiger partial charge in [-0.05, 0) is 24.3 Å². The van der Waals surface area contributed by atoms with Crippen LogP contribution in [0, 0.1) is 0 Å². The molecule has 0 heterocycles. The molecule has 0 bridgehead atoms. The van der Waals surface area contributed by atoms with Gasteiger partial charge in [-0.3, -0.25) is 4.79 Å². The normalized spacial score (nSPS) is 9.89. The Balaban J connectivity index is 2.45. The highest BCUT2D eigenvalue weighted by molar-refractivity contribution is 6.33. The average Bonchev–Trinajstić information content (AvgIpc) is 2.41. The highest BCUT2D eigenvalue weighted by Gasteiger charge is 2.09. The summed E-state index contributed by atoms with van der Waals surface area (Å²) in [6, 6.07) is 12.6. The van der Waals surface area contributed by atoms with E-state index in [4.69, 9.17) is 16.3 Å². The van der Waals surface area contributed by atoms with E-state index in [9.17, 15) is 4.79 Å². The van der Waals surface area contributed by atoms with E-state index in [0.717, 1.165) is 12.0 Å². The van der Waals surface area contributed by atoms with E-state index < -0.39 is 0 Å². The number of nitrogens with one attached hydrogen (secondary N) is 1. The van der Waals surface area contributed by atoms with E-state index in [0.29, 0.717) is 22.0 Å². The predicted octanol–water partition coefficient (Wildman–Crippen LogP) is 3.90. The van der Waals surface area contributed by atoms with Gasteiger partial charge in [0.15, 0.2) is 6.29 Å². The third kappa shape index (κ3) is 2.46. The smallest absolute Gasteiger partial charge is 0.152 e. The number of aldehydes is 1. The lowest BCUT2D eigenvalue weighted by Gasteiger charge is -2.14. The van der Waals surface area contributed by atoms with Crippen molar-refractivity contribution in [1.29, 1.82) is 0 Å². The minimum Gasteiger partial charge on any atom is -0.495 e. The van der Waals surface area contributed by atoms with Crippen molar-refractivity contribution in [3.63, 3.8) is 0 Å². The van der Waals surface area contributed by atoms with Crippen LogP contribution >= 0.6 is 11.6 Å². The largest absolute Gasteiger partial charge is 0.495 e. The average molecular weight is 262 g/mol. The molecule has 92 valence electrons. The van der Waals surface area contributed by atoms with Crippen LogP contribution in [0.15, 0.2) is 42.5 Å². The quantitative estimate of drug-likeness (QED) is 0.848. The van der Waals surface area contributed by atoms with Crippen molar-refractivity contribution >= 4 is 29.3 Å². The minimum atomic E-state index is 0.522. The van der Waals surface area contributed by atoms with Crippen LogP contribution in [0.5, 0.6) is 5.75 Å². The SMILES string of the molecule is COc1cccc(C=O)c1Nc1ccccc1Cl. The molecular formula is C14H12ClNO2. The first kappa shape index (κ1) is 12.5. The number of benzene rings is 2. The fourth-order valence-corrected chi connectivity index (χ4v) is 1.83. The van der Waals surface area contributed by atoms with E-state index in [1.54, 1.807) is 31.4 Å². The van der Waals surface area contributed by atoms with Gasteiger partial charge in [0, 0.05) is 5.56 Å². The topological polar surface area (TPSA) is 38.3 Å². The summed E-state index contributed by atoms with van der Waals surface area (Å²) in [4.78, 5) is 11.0. The van der Waals surface area contributed by atoms with Gasteiger partial charge >= 0.3 is 0 Å². The molecule has 0 amide bonds. The van der Waals surface area contributed by atoms with Crippen LogP contribution in [0.25, 0.3) is 0 Å². The van der Waals surface area contributed by atoms with Crippen LogP contribution in [-0.4, -0.2) is 13.4 Å². The van der Waals surface area contributed by atoms with Gasteiger partial charge in [-0.25, -0.2) is 0 Å². The summed E-state index contributed by atoms with van der Waals surface area (Å²) in [6.07, 6.45) is 0.779. The Morgan fingerprint density at radius 1 is 1.17 bits per heavy atom. The highest BCUT2D eigenvalue weighted by Crippen LogP contribution is 2.33. The van der Waals surface area contributed by atoms with Gasteiger partial charge in [0.1, 0.15) is 5.75 Å². The van der Waals surface area contributed by atoms with Crippen LogP contribution in [-0.2, 0) is 0 Å². The molecule has 1 N–H and O–H groups in total. The van der Waals surface area contributed by atoms with E-state index >= 15 is 0 Å². The van der Waals surface area contributed by atoms with E-state index in [1.165, 1.54) is 0 Å². The molecular weight excluding hydrogens is 250 g/mol. The van der Waals surface area contributed by atoms with Gasteiger partial charge in [0.05, 0.1) is 23.5 Å². The number of para-hydroxylation sites is 2. The third-order valence-electron chi connectivity index (χ3n) is 2.54. The number of hydrogen-bond acceptors (Lipinski definition) is 3. The Morgan fingerprint density at radius 2 is 1.94 bits per heavy atom. The summed E-state index contributed by atoms with van der Waals surface area (Å²) < 4.78 is 5.24. The second-order valence-corrected chi connectivity index (χ2v) is 4.05. The molecule has 0 saturated heterocycles. The van der Waals surface area contributed by atoms with Crippen LogP contribution in [0.3, 0.4) is 0 Å². The molecule has 0 spiro atoms. The molecule has 3 nitrogen and oxygen atoms in total. The van der Waals surface area contributed by atoms with Crippen molar-refractivity contribution in [3.8, 4) is 5.75 Å². The molecule has 2 rings (SSSR count). The van der Waals surface area contributed by atoms with Crippen LogP contribution in [0.1, 0.15) is 10.4 Å². The summed E-state index contributed by atoms with van der Waals surface area (Å²) in [5, 5.41) is 3.71. The molecule has 0 aliphatic heterocycles. The number of methoxy groups -OCH3 is 1. The van der Waals surface area contributed by atoms with Gasteiger partial charge in [0.25, 0.3) is 0 Å². The number of carbonyl (C=O) groups is 1. The van der Waals surface area contributed by atoms with Gasteiger partial charge in [0.2, 0.25) is 0 Å². The molecule has 4 heteroatoms. The molecule has 0 aliphatic carbocycles. The molecule has 0 aliphatic rings. The van der Waals surface area contributed by atoms with Crippen molar-refractivity contribution in [2.24, 2.45) is 0 Å². The lowest BCUT2D eigenvalue weighted by Crippen LogP contribution is -1.99. The molecule has 0 radical (unpaired) electrons. The van der Waals surface area contributed by atoms with E-state index in [1.807, 2.05) is 18.2 Å². The predicted molar refractivity (Wildman–Crippen MR) is 73.1 cm³/mol. The summed E-state index contributed by atoms with van der Waals surface area (Å²) >= 11 is 6.07. The van der Waals surface area contributed by atoms with E-state index in [2.05, 4.69) is 5.32 Å². The molecule has 0 fully saturated rings. The summed E-state index contributed by atoms with van der Waals surface area (Å²) in [5.74, 6) is 0.597. The number of carbonyl (C=O) groups excluding carboxylic acids is 1. The van der Waals surface area contributed by atoms with Crippen molar-refractivity contribution in [2.75, 3.05) is 12.4 Å². The first-order valence-corrected chi connectivity index (χ1v) is 5.78. The van der Waals surface area contributed by atoms with Crippen molar-refractivity contribution in [2.45, 2.75) is 0 Å². The first-order chi connectivity index (χ1) is 8.76. The van der Waals surface area contributed by atoms with Gasteiger partial charge < -0.3 is 10.1 Å². The van der Waals surface area contributed by atoms with Crippen molar-refractivity contribution in [3.05, 3.63) is 53.1 Å². The molecule has 2 aromatic rings. The summed E-state index contributed by atoms with van der Waals surface area (Å²) in [6.45, 7) is 0. The number of halogens is 1. The van der Waals surface area contributed by atoms with Gasteiger partial charge in [-0.15, -0.1) is 0 Å². The minimum absolute atomic E-state index is 0.522. The van der Waals surface area contributed by atoms with Crippen molar-refractivity contribution < 1.29 is 9.53 Å². The zero-order chi connectivity index (χ0) is 13.0. The van der Waals surface area contributed by atoms with Crippen LogP contribution in [0.4, 0.5) is 11.4 Å². The van der Waals surface area contributed by atoms with Gasteiger partial charge in [-0.2, -0.15) is 0 Å². The van der Waals surface area contributed by atoms with Crippen LogP contribution in [0.2, 0.25) is 5.02 Å². The zero-order valence-corrected chi connectivity index (χ0v) is 10.6. The van der Waals surface area contributed by atoms with Gasteiger partial charge in [-0.1, -0.05) is 29.8 Å². The zero-order valence-electron chi connectivity index (χ0n) is 9.81. The first-order valence-electron chi connectivity index (χ1n) is 5.40. The fourth-order valence-electron chi connectivity index (χ4n) is 1.65. The summed E-state index contributed by atoms with van der Waals surface area (Å²) in [5.41, 5.74) is 1.86. The molecule has 18 heavy (non-hydrogen) atoms. The highest BCUT2D eigenvalue weighted by atomic mass is 35.5. The lowest BCUT2D eigenvalue weighted by atomic mass is 10.1. The standard InChI is InChI=1S/C14H12ClNO2/c1-18-13-8-4-5-10(9-17)14(13)16-12-7-3-2-6-11(12)15/h2-9,16H,1H3. The Labute approximate surface area is 110 Å². The Morgan fingerprint density at radius 3 is 2.61 bits per heavy atom. The third-order valence-corrected chi connectivity index (χ3v) is 2.87. The molecule has 2 aromatic carbocycles. The number of ether oxygens (including phenoxy) is 1. The number of hydrogen-bond donors (Lipinski definition) is 1. The maximum absolute atomic E-state index is 11.0. The monoisotopic (exact) mass is 261 g/mol. The molecule has 0 saturated carbocycles. The van der Waals surface area contributed by atoms with Crippen LogP contribution < -0.4 is 10.1 Å². The number of rotatable bonds is 4. The molecule has 0 unspecified atom stereocenters. The molecule has 0 aromatic heterocycles. The Hall–Kier alpha value is -2.00. The fraction of sp³-hybridized carbons (Fsp3) is 0.0714. The maximum Gasteiger partial charge on any atom is 0.152 e. The maximum atomic E-state index is 11.0. The number of anilines is 2. The second kappa shape index (κ2) is 5.56. The molecule has 0 atom stereocenters. The Bertz CT molecular complexity index is 569. The van der Waals surface area contributed by atoms with E-state index in [-0.39, 0.29) is 0 Å². The second-order valence-electron chi connectivity index (χ2n) is 3.65. The Kier molecular flexibility index (Phi) is 3.85.